The fraction of sp³-hybridized carbons (Fsp3) is 0.588. The minimum absolute atomic E-state index is 0.0133. The average Bonchev–Trinajstić information content (AvgIpc) is 3.03. The van der Waals surface area contributed by atoms with E-state index in [1.54, 1.807) is 19.9 Å². The Balaban J connectivity index is 2.21. The number of carbonyl (C=O) groups is 1. The highest BCUT2D eigenvalue weighted by atomic mass is 32.2. The first kappa shape index (κ1) is 21.1. The highest BCUT2D eigenvalue weighted by Crippen LogP contribution is 2.20. The summed E-state index contributed by atoms with van der Waals surface area (Å²) in [5.41, 5.74) is 0.859. The Bertz CT molecular complexity index is 890. The van der Waals surface area contributed by atoms with Crippen molar-refractivity contribution in [3.05, 3.63) is 18.2 Å². The van der Waals surface area contributed by atoms with Crippen molar-refractivity contribution in [2.75, 3.05) is 19.7 Å². The second-order valence-electron chi connectivity index (χ2n) is 6.58. The van der Waals surface area contributed by atoms with Gasteiger partial charge in [0.2, 0.25) is 10.0 Å². The van der Waals surface area contributed by atoms with Gasteiger partial charge in [-0.15, -0.1) is 5.10 Å². The lowest BCUT2D eigenvalue weighted by Gasteiger charge is -2.18. The molecule has 150 valence electrons. The van der Waals surface area contributed by atoms with Crippen LogP contribution in [0, 0.1) is 5.92 Å². The van der Waals surface area contributed by atoms with Crippen LogP contribution in [0.5, 0.6) is 0 Å². The van der Waals surface area contributed by atoms with Crippen LogP contribution >= 0.6 is 0 Å². The van der Waals surface area contributed by atoms with Crippen molar-refractivity contribution in [2.24, 2.45) is 5.92 Å². The number of rotatable bonds is 9. The summed E-state index contributed by atoms with van der Waals surface area (Å²) in [5, 5.41) is 10.6. The zero-order chi connectivity index (χ0) is 20.2. The second-order valence-corrected chi connectivity index (χ2v) is 8.51. The van der Waals surface area contributed by atoms with Crippen molar-refractivity contribution < 1.29 is 18.0 Å². The number of amides is 1. The molecule has 1 amide bonds. The first-order valence-corrected chi connectivity index (χ1v) is 10.4. The molecule has 0 saturated carbocycles. The van der Waals surface area contributed by atoms with Crippen LogP contribution in [-0.2, 0) is 14.8 Å². The van der Waals surface area contributed by atoms with Gasteiger partial charge in [0.15, 0.2) is 6.61 Å². The molecule has 1 N–H and O–H groups in total. The van der Waals surface area contributed by atoms with Crippen LogP contribution in [0.2, 0.25) is 0 Å². The van der Waals surface area contributed by atoms with Gasteiger partial charge in [-0.05, 0) is 36.3 Å². The number of nitrogens with one attached hydrogen (secondary N) is 1. The third-order valence-electron chi connectivity index (χ3n) is 4.44. The molecular formula is C17H27N5O4S. The maximum absolute atomic E-state index is 12.7. The van der Waals surface area contributed by atoms with Gasteiger partial charge in [-0.3, -0.25) is 4.79 Å². The topological polar surface area (TPSA) is 106 Å². The highest BCUT2D eigenvalue weighted by molar-refractivity contribution is 7.89. The monoisotopic (exact) mass is 397 g/mol. The molecule has 0 radical (unpaired) electrons. The van der Waals surface area contributed by atoms with Crippen LogP contribution in [-0.4, -0.2) is 59.5 Å². The Morgan fingerprint density at radius 1 is 1.26 bits per heavy atom. The molecule has 0 fully saturated rings. The number of carbonyl (C=O) groups excluding carboxylic acids is 1. The van der Waals surface area contributed by atoms with Crippen molar-refractivity contribution in [2.45, 2.75) is 45.6 Å². The summed E-state index contributed by atoms with van der Waals surface area (Å²) in [6.07, 6.45) is 0. The summed E-state index contributed by atoms with van der Waals surface area (Å²) >= 11 is 0. The van der Waals surface area contributed by atoms with E-state index in [0.29, 0.717) is 30.0 Å². The van der Waals surface area contributed by atoms with E-state index in [1.807, 2.05) is 20.8 Å². The third kappa shape index (κ3) is 4.75. The van der Waals surface area contributed by atoms with Crippen LogP contribution in [0.1, 0.15) is 34.6 Å². The van der Waals surface area contributed by atoms with Gasteiger partial charge < -0.3 is 10.2 Å². The number of sulfonamides is 1. The minimum Gasteiger partial charge on any atom is -0.385 e. The highest BCUT2D eigenvalue weighted by Gasteiger charge is 2.23. The van der Waals surface area contributed by atoms with Crippen LogP contribution in [0.3, 0.4) is 0 Å². The smallest absolute Gasteiger partial charge is 0.260 e. The fourth-order valence-electron chi connectivity index (χ4n) is 2.43. The van der Waals surface area contributed by atoms with Crippen molar-refractivity contribution in [3.8, 4) is 0 Å². The Kier molecular flexibility index (Phi) is 6.77. The number of benzene rings is 1. The second kappa shape index (κ2) is 8.66. The van der Waals surface area contributed by atoms with Gasteiger partial charge in [-0.25, -0.2) is 8.42 Å². The van der Waals surface area contributed by atoms with Gasteiger partial charge in [-0.1, -0.05) is 32.5 Å². The summed E-state index contributed by atoms with van der Waals surface area (Å²) in [5.74, 6) is 0.0146. The number of aromatic nitrogens is 3. The van der Waals surface area contributed by atoms with E-state index in [2.05, 4.69) is 15.6 Å². The molecular weight excluding hydrogens is 370 g/mol. The zero-order valence-corrected chi connectivity index (χ0v) is 17.2. The molecule has 0 bridgehead atoms. The van der Waals surface area contributed by atoms with Crippen LogP contribution in [0.4, 0.5) is 0 Å². The minimum atomic E-state index is -3.61. The Labute approximate surface area is 159 Å². The lowest BCUT2D eigenvalue weighted by Crippen LogP contribution is -2.40. The summed E-state index contributed by atoms with van der Waals surface area (Å²) in [6, 6.07) is 4.53. The van der Waals surface area contributed by atoms with Crippen molar-refractivity contribution >= 4 is 27.0 Å². The van der Waals surface area contributed by atoms with E-state index in [1.165, 1.54) is 16.4 Å². The first-order valence-electron chi connectivity index (χ1n) is 8.98. The van der Waals surface area contributed by atoms with Gasteiger partial charge in [-0.2, -0.15) is 4.31 Å². The van der Waals surface area contributed by atoms with E-state index in [0.717, 1.165) is 4.85 Å². The molecule has 0 unspecified atom stereocenters. The molecule has 1 aromatic heterocycles. The van der Waals surface area contributed by atoms with Crippen LogP contribution < -0.4 is 10.2 Å². The van der Waals surface area contributed by atoms with Gasteiger partial charge >= 0.3 is 0 Å². The molecule has 2 aromatic rings. The molecule has 0 aliphatic heterocycles. The number of nitrogens with zero attached hydrogens (tertiary/aromatic N) is 4. The molecule has 0 saturated heterocycles. The van der Waals surface area contributed by atoms with E-state index >= 15 is 0 Å². The van der Waals surface area contributed by atoms with Crippen LogP contribution in [0.15, 0.2) is 23.1 Å². The molecule has 2 rings (SSSR count). The summed E-state index contributed by atoms with van der Waals surface area (Å²) in [6.45, 7) is 10.00. The molecule has 27 heavy (non-hydrogen) atoms. The molecule has 0 spiro atoms. The van der Waals surface area contributed by atoms with E-state index in [-0.39, 0.29) is 23.5 Å². The molecule has 0 aliphatic rings. The first-order chi connectivity index (χ1) is 12.7. The largest absolute Gasteiger partial charge is 0.385 e. The van der Waals surface area contributed by atoms with Gasteiger partial charge in [0.25, 0.3) is 5.91 Å². The fourth-order valence-corrected chi connectivity index (χ4v) is 3.91. The van der Waals surface area contributed by atoms with E-state index in [9.17, 15) is 13.2 Å². The molecule has 9 nitrogen and oxygen atoms in total. The van der Waals surface area contributed by atoms with Crippen molar-refractivity contribution in [1.29, 1.82) is 0 Å². The lowest BCUT2D eigenvalue weighted by molar-refractivity contribution is -0.127. The average molecular weight is 398 g/mol. The normalized spacial score (nSPS) is 13.3. The molecule has 1 atom stereocenters. The SMILES string of the molecule is CCN(CC)S(=O)(=O)c1ccc2nnn(OCC(=O)N[C@H](C)C(C)C)c2c1. The zero-order valence-electron chi connectivity index (χ0n) is 16.3. The molecule has 1 aromatic carbocycles. The Morgan fingerprint density at radius 2 is 1.93 bits per heavy atom. The van der Waals surface area contributed by atoms with E-state index < -0.39 is 10.0 Å². The van der Waals surface area contributed by atoms with Crippen molar-refractivity contribution in [3.63, 3.8) is 0 Å². The Morgan fingerprint density at radius 3 is 2.52 bits per heavy atom. The van der Waals surface area contributed by atoms with Crippen molar-refractivity contribution in [1.82, 2.24) is 24.8 Å². The summed E-state index contributed by atoms with van der Waals surface area (Å²) < 4.78 is 26.8. The number of hydrogen-bond acceptors (Lipinski definition) is 6. The predicted molar refractivity (Wildman–Crippen MR) is 102 cm³/mol. The van der Waals surface area contributed by atoms with Gasteiger partial charge in [0, 0.05) is 19.1 Å². The number of hydrogen-bond donors (Lipinski definition) is 1. The summed E-state index contributed by atoms with van der Waals surface area (Å²) in [7, 11) is -3.61. The quantitative estimate of drug-likeness (QED) is 0.678. The van der Waals surface area contributed by atoms with Gasteiger partial charge in [0.1, 0.15) is 11.0 Å². The molecule has 0 aliphatic carbocycles. The molecule has 10 heteroatoms. The summed E-state index contributed by atoms with van der Waals surface area (Å²) in [4.78, 5) is 18.6. The lowest BCUT2D eigenvalue weighted by atomic mass is 10.1. The predicted octanol–water partition coefficient (Wildman–Crippen LogP) is 1.05. The third-order valence-corrected chi connectivity index (χ3v) is 6.48. The maximum atomic E-state index is 12.7. The van der Waals surface area contributed by atoms with Gasteiger partial charge in [0.05, 0.1) is 4.90 Å². The Hall–Kier alpha value is -2.20. The van der Waals surface area contributed by atoms with Crippen LogP contribution in [0.25, 0.3) is 11.0 Å². The maximum Gasteiger partial charge on any atom is 0.260 e. The standard InChI is InChI=1S/C17H27N5O4S/c1-6-21(7-2)27(24,25)14-8-9-15-16(10-14)22(20-19-15)26-11-17(23)18-13(5)12(3)4/h8-10,12-13H,6-7,11H2,1-5H3,(H,18,23)/t13-/m1/s1. The molecule has 1 heterocycles. The number of fused-ring (bicyclic) bond motifs is 1. The van der Waals surface area contributed by atoms with E-state index in [4.69, 9.17) is 4.84 Å².